The van der Waals surface area contributed by atoms with Crippen molar-refractivity contribution in [1.82, 2.24) is 9.13 Å². The second-order valence-electron chi connectivity index (χ2n) is 10.6. The Balaban J connectivity index is 1.29. The van der Waals surface area contributed by atoms with Crippen LogP contribution in [0.3, 0.4) is 0 Å². The molecule has 0 radical (unpaired) electrons. The largest absolute Gasteiger partial charge is 0.427 e. The highest BCUT2D eigenvalue weighted by Crippen LogP contribution is 2.24. The van der Waals surface area contributed by atoms with Crippen molar-refractivity contribution in [3.63, 3.8) is 0 Å². The SMILES string of the molecule is CCCCCCCCC(=O)Oc1ccc(-c2ccc(C(=O)Oc3ccc(C=Nc4cn(C)c(=O)n(C)c4=O)cc3)cc2)cc1. The zero-order valence-corrected chi connectivity index (χ0v) is 25.3. The quantitative estimate of drug-likeness (QED) is 0.0768. The Morgan fingerprint density at radius 2 is 1.32 bits per heavy atom. The third kappa shape index (κ3) is 8.73. The van der Waals surface area contributed by atoms with Crippen LogP contribution in [0.4, 0.5) is 5.69 Å². The fourth-order valence-corrected chi connectivity index (χ4v) is 4.56. The maximum atomic E-state index is 12.7. The molecule has 1 heterocycles. The average Bonchev–Trinajstić information content (AvgIpc) is 3.04. The Bertz CT molecular complexity index is 1720. The molecule has 0 saturated heterocycles. The number of rotatable bonds is 13. The van der Waals surface area contributed by atoms with Gasteiger partial charge >= 0.3 is 17.6 Å². The number of esters is 2. The predicted molar refractivity (Wildman–Crippen MR) is 171 cm³/mol. The lowest BCUT2D eigenvalue weighted by Gasteiger charge is -2.08. The van der Waals surface area contributed by atoms with E-state index < -0.39 is 17.2 Å². The minimum absolute atomic E-state index is 0.131. The van der Waals surface area contributed by atoms with Gasteiger partial charge in [0.25, 0.3) is 5.56 Å². The van der Waals surface area contributed by atoms with Gasteiger partial charge in [-0.05, 0) is 71.6 Å². The lowest BCUT2D eigenvalue weighted by atomic mass is 10.0. The van der Waals surface area contributed by atoms with Crippen LogP contribution < -0.4 is 20.7 Å². The zero-order chi connectivity index (χ0) is 31.5. The molecule has 0 amide bonds. The van der Waals surface area contributed by atoms with Crippen molar-refractivity contribution in [3.8, 4) is 22.6 Å². The molecule has 4 rings (SSSR count). The summed E-state index contributed by atoms with van der Waals surface area (Å²) in [5.74, 6) is 0.154. The van der Waals surface area contributed by atoms with Crippen molar-refractivity contribution in [2.24, 2.45) is 19.1 Å². The van der Waals surface area contributed by atoms with Crippen molar-refractivity contribution < 1.29 is 19.1 Å². The van der Waals surface area contributed by atoms with Crippen LogP contribution in [0.25, 0.3) is 11.1 Å². The van der Waals surface area contributed by atoms with E-state index in [2.05, 4.69) is 11.9 Å². The molecule has 44 heavy (non-hydrogen) atoms. The highest BCUT2D eigenvalue weighted by Gasteiger charge is 2.11. The van der Waals surface area contributed by atoms with Gasteiger partial charge in [0.05, 0.1) is 5.56 Å². The average molecular weight is 596 g/mol. The fourth-order valence-electron chi connectivity index (χ4n) is 4.56. The number of hydrogen-bond donors (Lipinski definition) is 0. The molecule has 0 unspecified atom stereocenters. The van der Waals surface area contributed by atoms with E-state index in [0.717, 1.165) is 35.0 Å². The molecule has 0 aliphatic rings. The monoisotopic (exact) mass is 595 g/mol. The molecule has 0 fully saturated rings. The Hall–Kier alpha value is -5.05. The lowest BCUT2D eigenvalue weighted by Crippen LogP contribution is -2.36. The molecular weight excluding hydrogens is 558 g/mol. The van der Waals surface area contributed by atoms with E-state index in [9.17, 15) is 19.2 Å². The number of aliphatic imine (C=N–C) groups is 1. The number of nitrogens with zero attached hydrogens (tertiary/aromatic N) is 3. The number of hydrogen-bond acceptors (Lipinski definition) is 7. The van der Waals surface area contributed by atoms with Crippen LogP contribution in [0.15, 0.2) is 93.6 Å². The fraction of sp³-hybridized carbons (Fsp3) is 0.286. The number of aryl methyl sites for hydroxylation is 1. The summed E-state index contributed by atoms with van der Waals surface area (Å²) < 4.78 is 13.3. The van der Waals surface area contributed by atoms with Crippen molar-refractivity contribution in [2.45, 2.75) is 51.9 Å². The van der Waals surface area contributed by atoms with Crippen LogP contribution in [0.1, 0.15) is 67.8 Å². The van der Waals surface area contributed by atoms with Gasteiger partial charge < -0.3 is 14.0 Å². The molecule has 1 aromatic heterocycles. The van der Waals surface area contributed by atoms with Gasteiger partial charge in [0.15, 0.2) is 0 Å². The number of aromatic nitrogens is 2. The van der Waals surface area contributed by atoms with Crippen LogP contribution in [0.5, 0.6) is 11.5 Å². The minimum atomic E-state index is -0.501. The van der Waals surface area contributed by atoms with Crippen LogP contribution in [0, 0.1) is 0 Å². The maximum Gasteiger partial charge on any atom is 0.343 e. The summed E-state index contributed by atoms with van der Waals surface area (Å²) in [6.07, 6.45) is 10.0. The molecule has 0 spiro atoms. The highest BCUT2D eigenvalue weighted by molar-refractivity contribution is 5.92. The van der Waals surface area contributed by atoms with E-state index in [1.54, 1.807) is 55.6 Å². The molecule has 0 bridgehead atoms. The number of benzene rings is 3. The van der Waals surface area contributed by atoms with Crippen LogP contribution in [-0.2, 0) is 18.9 Å². The Morgan fingerprint density at radius 1 is 0.750 bits per heavy atom. The molecule has 228 valence electrons. The molecule has 0 atom stereocenters. The number of ether oxygens (including phenoxy) is 2. The summed E-state index contributed by atoms with van der Waals surface area (Å²) in [4.78, 5) is 53.1. The molecule has 9 nitrogen and oxygen atoms in total. The van der Waals surface area contributed by atoms with E-state index in [1.807, 2.05) is 24.3 Å². The second kappa shape index (κ2) is 15.4. The summed E-state index contributed by atoms with van der Waals surface area (Å²) in [6.45, 7) is 2.18. The van der Waals surface area contributed by atoms with Gasteiger partial charge in [-0.1, -0.05) is 63.3 Å². The van der Waals surface area contributed by atoms with E-state index in [0.29, 0.717) is 29.0 Å². The molecule has 4 aromatic rings. The minimum Gasteiger partial charge on any atom is -0.427 e. The third-order valence-corrected chi connectivity index (χ3v) is 7.15. The molecule has 0 aliphatic carbocycles. The van der Waals surface area contributed by atoms with E-state index >= 15 is 0 Å². The topological polar surface area (TPSA) is 109 Å². The summed E-state index contributed by atoms with van der Waals surface area (Å²) in [7, 11) is 2.95. The molecule has 0 N–H and O–H groups in total. The van der Waals surface area contributed by atoms with Crippen molar-refractivity contribution in [1.29, 1.82) is 0 Å². The zero-order valence-electron chi connectivity index (χ0n) is 25.3. The Morgan fingerprint density at radius 3 is 1.98 bits per heavy atom. The first-order valence-corrected chi connectivity index (χ1v) is 14.8. The van der Waals surface area contributed by atoms with Gasteiger partial charge in [-0.25, -0.2) is 14.6 Å². The molecule has 3 aromatic carbocycles. The van der Waals surface area contributed by atoms with E-state index in [4.69, 9.17) is 9.47 Å². The number of carbonyl (C=O) groups excluding carboxylic acids is 2. The smallest absolute Gasteiger partial charge is 0.343 e. The van der Waals surface area contributed by atoms with Crippen molar-refractivity contribution in [3.05, 3.63) is 111 Å². The van der Waals surface area contributed by atoms with Gasteiger partial charge in [0.1, 0.15) is 17.2 Å². The molecule has 0 saturated carbocycles. The molecular formula is C35H37N3O6. The van der Waals surface area contributed by atoms with E-state index in [-0.39, 0.29) is 11.7 Å². The second-order valence-corrected chi connectivity index (χ2v) is 10.6. The first kappa shape index (κ1) is 31.9. The standard InChI is InChI=1S/C35H37N3O6/c1-4-5-6-7-8-9-10-32(39)43-29-21-17-27(18-22-29)26-13-15-28(16-14-26)34(41)44-30-19-11-25(12-20-30)23-36-31-24-37(2)35(42)38(3)33(31)40/h11-24H,4-10H2,1-3H3. The normalized spacial score (nSPS) is 11.1. The van der Waals surface area contributed by atoms with E-state index in [1.165, 1.54) is 43.3 Å². The summed E-state index contributed by atoms with van der Waals surface area (Å²) >= 11 is 0. The highest BCUT2D eigenvalue weighted by atomic mass is 16.5. The maximum absolute atomic E-state index is 12.7. The third-order valence-electron chi connectivity index (χ3n) is 7.15. The lowest BCUT2D eigenvalue weighted by molar-refractivity contribution is -0.134. The van der Waals surface area contributed by atoms with Gasteiger partial charge in [-0.3, -0.25) is 14.2 Å². The Kier molecular flexibility index (Phi) is 11.2. The van der Waals surface area contributed by atoms with Crippen LogP contribution in [-0.4, -0.2) is 27.3 Å². The summed E-state index contributed by atoms with van der Waals surface area (Å²) in [5, 5.41) is 0. The van der Waals surface area contributed by atoms with Gasteiger partial charge in [0.2, 0.25) is 0 Å². The van der Waals surface area contributed by atoms with Crippen molar-refractivity contribution >= 4 is 23.8 Å². The summed E-state index contributed by atoms with van der Waals surface area (Å²) in [5.41, 5.74) is 2.12. The van der Waals surface area contributed by atoms with Crippen LogP contribution >= 0.6 is 0 Å². The Labute approximate surface area is 256 Å². The first-order valence-electron chi connectivity index (χ1n) is 14.8. The van der Waals surface area contributed by atoms with Crippen LogP contribution in [0.2, 0.25) is 0 Å². The van der Waals surface area contributed by atoms with Gasteiger partial charge in [0, 0.05) is 32.9 Å². The summed E-state index contributed by atoms with van der Waals surface area (Å²) in [6, 6.07) is 21.0. The van der Waals surface area contributed by atoms with Gasteiger partial charge in [-0.2, -0.15) is 0 Å². The van der Waals surface area contributed by atoms with Gasteiger partial charge in [-0.15, -0.1) is 0 Å². The number of carbonyl (C=O) groups is 2. The first-order chi connectivity index (χ1) is 21.2. The van der Waals surface area contributed by atoms with Crippen molar-refractivity contribution in [2.75, 3.05) is 0 Å². The molecule has 0 aliphatic heterocycles. The number of unbranched alkanes of at least 4 members (excludes halogenated alkanes) is 5. The predicted octanol–water partition coefficient (Wildman–Crippen LogP) is 6.38. The molecule has 9 heteroatoms.